The fourth-order valence-corrected chi connectivity index (χ4v) is 8.92. The molecule has 31 heavy (non-hydrogen) atoms. The van der Waals surface area contributed by atoms with Crippen LogP contribution in [0.4, 0.5) is 0 Å². The first-order valence-corrected chi connectivity index (χ1v) is 12.5. The summed E-state index contributed by atoms with van der Waals surface area (Å²) in [6, 6.07) is 0. The molecule has 0 spiro atoms. The van der Waals surface area contributed by atoms with Crippen molar-refractivity contribution in [2.75, 3.05) is 13.7 Å². The van der Waals surface area contributed by atoms with Crippen molar-refractivity contribution in [3.8, 4) is 0 Å². The van der Waals surface area contributed by atoms with E-state index in [0.29, 0.717) is 36.2 Å². The Morgan fingerprint density at radius 3 is 2.65 bits per heavy atom. The number of imidazole rings is 1. The monoisotopic (exact) mass is 428 g/mol. The summed E-state index contributed by atoms with van der Waals surface area (Å²) < 4.78 is 7.29. The van der Waals surface area contributed by atoms with Crippen LogP contribution in [-0.4, -0.2) is 39.8 Å². The number of carbonyl (C=O) groups excluding carboxylic acids is 1. The van der Waals surface area contributed by atoms with Gasteiger partial charge >= 0.3 is 0 Å². The summed E-state index contributed by atoms with van der Waals surface area (Å²) in [6.07, 6.45) is 15.5. The van der Waals surface area contributed by atoms with E-state index in [9.17, 15) is 9.90 Å². The number of hydrogen-bond donors (Lipinski definition) is 1. The minimum absolute atomic E-state index is 0.160. The molecule has 4 aliphatic rings. The molecule has 1 aromatic rings. The normalized spacial score (nSPS) is 46.8. The highest BCUT2D eigenvalue weighted by molar-refractivity contribution is 5.82. The second-order valence-electron chi connectivity index (χ2n) is 11.9. The molecule has 1 N–H and O–H groups in total. The first-order valence-electron chi connectivity index (χ1n) is 12.5. The van der Waals surface area contributed by atoms with Crippen LogP contribution >= 0.6 is 0 Å². The number of ketones is 1. The average molecular weight is 429 g/mol. The topological polar surface area (TPSA) is 64.3 Å². The predicted molar refractivity (Wildman–Crippen MR) is 119 cm³/mol. The maximum absolute atomic E-state index is 13.3. The molecule has 0 saturated heterocycles. The zero-order chi connectivity index (χ0) is 21.9. The van der Waals surface area contributed by atoms with Gasteiger partial charge in [0.05, 0.1) is 25.1 Å². The number of hydrogen-bond acceptors (Lipinski definition) is 4. The number of fused-ring (bicyclic) bond motifs is 5. The minimum atomic E-state index is -0.632. The summed E-state index contributed by atoms with van der Waals surface area (Å²) >= 11 is 0. The van der Waals surface area contributed by atoms with Crippen LogP contribution in [0.15, 0.2) is 18.7 Å². The van der Waals surface area contributed by atoms with Gasteiger partial charge in [-0.1, -0.05) is 13.8 Å². The van der Waals surface area contributed by atoms with Gasteiger partial charge in [0.25, 0.3) is 0 Å². The number of carbonyl (C=O) groups is 1. The summed E-state index contributed by atoms with van der Waals surface area (Å²) in [6.45, 7) is 5.90. The largest absolute Gasteiger partial charge is 0.387 e. The van der Waals surface area contributed by atoms with Crippen molar-refractivity contribution in [1.82, 2.24) is 9.55 Å². The molecule has 4 aliphatic carbocycles. The Kier molecular flexibility index (Phi) is 5.37. The average Bonchev–Trinajstić information content (AvgIpc) is 3.35. The fourth-order valence-electron chi connectivity index (χ4n) is 8.92. The Balaban J connectivity index is 1.33. The van der Waals surface area contributed by atoms with Crippen LogP contribution in [0.5, 0.6) is 0 Å². The number of aromatic nitrogens is 2. The third kappa shape index (κ3) is 3.42. The third-order valence-electron chi connectivity index (χ3n) is 10.5. The van der Waals surface area contributed by atoms with E-state index < -0.39 is 5.60 Å². The van der Waals surface area contributed by atoms with E-state index in [1.54, 1.807) is 19.6 Å². The summed E-state index contributed by atoms with van der Waals surface area (Å²) in [7, 11) is 1.70. The molecule has 8 atom stereocenters. The number of rotatable bonds is 5. The Bertz CT molecular complexity index is 810. The first-order chi connectivity index (χ1) is 14.8. The van der Waals surface area contributed by atoms with E-state index in [2.05, 4.69) is 18.8 Å². The van der Waals surface area contributed by atoms with Gasteiger partial charge in [-0.05, 0) is 92.3 Å². The van der Waals surface area contributed by atoms with Crippen LogP contribution in [0.1, 0.15) is 71.6 Å². The van der Waals surface area contributed by atoms with Crippen LogP contribution in [0.25, 0.3) is 0 Å². The second kappa shape index (κ2) is 7.69. The van der Waals surface area contributed by atoms with E-state index in [0.717, 1.165) is 37.5 Å². The third-order valence-corrected chi connectivity index (χ3v) is 10.5. The quantitative estimate of drug-likeness (QED) is 0.751. The van der Waals surface area contributed by atoms with E-state index in [-0.39, 0.29) is 11.3 Å². The molecule has 1 heterocycles. The number of nitrogens with zero attached hydrogens (tertiary/aromatic N) is 2. The fraction of sp³-hybridized carbons (Fsp3) is 0.846. The van der Waals surface area contributed by atoms with Crippen molar-refractivity contribution in [2.24, 2.45) is 40.4 Å². The van der Waals surface area contributed by atoms with Gasteiger partial charge in [-0.15, -0.1) is 0 Å². The van der Waals surface area contributed by atoms with E-state index in [4.69, 9.17) is 4.74 Å². The van der Waals surface area contributed by atoms with Gasteiger partial charge in [-0.3, -0.25) is 4.79 Å². The number of methoxy groups -OCH3 is 1. The van der Waals surface area contributed by atoms with Crippen LogP contribution < -0.4 is 0 Å². The van der Waals surface area contributed by atoms with Crippen LogP contribution in [-0.2, 0) is 16.1 Å². The molecule has 3 unspecified atom stereocenters. The molecular formula is C26H40N2O3. The highest BCUT2D eigenvalue weighted by atomic mass is 16.5. The molecule has 0 bridgehead atoms. The molecule has 1 aromatic heterocycles. The molecule has 5 heteroatoms. The highest BCUT2D eigenvalue weighted by Crippen LogP contribution is 2.68. The number of ether oxygens (including phenoxy) is 1. The minimum Gasteiger partial charge on any atom is -0.387 e. The molecule has 172 valence electrons. The molecular weight excluding hydrogens is 388 g/mol. The standard InChI is InChI=1S/C26H40N2O3/c1-24-10-11-26(30,16-31-3)14-18(24)4-5-19-20-6-7-22(25(20,2)9-8-21(19)24)23(29)15-28-13-12-27-17-28/h12-13,17-22,30H,4-11,14-16H2,1-3H3/t18?,19-,20?,21?,22+,24-,25-,26+/m0/s1. The summed E-state index contributed by atoms with van der Waals surface area (Å²) in [5.41, 5.74) is -0.135. The van der Waals surface area contributed by atoms with Crippen molar-refractivity contribution in [1.29, 1.82) is 0 Å². The Morgan fingerprint density at radius 1 is 1.10 bits per heavy atom. The van der Waals surface area contributed by atoms with Gasteiger partial charge in [0, 0.05) is 25.4 Å². The van der Waals surface area contributed by atoms with E-state index in [1.165, 1.54) is 32.1 Å². The lowest BCUT2D eigenvalue weighted by Crippen LogP contribution is -2.56. The van der Waals surface area contributed by atoms with Crippen molar-refractivity contribution in [3.05, 3.63) is 18.7 Å². The molecule has 0 aromatic carbocycles. The van der Waals surface area contributed by atoms with Crippen molar-refractivity contribution < 1.29 is 14.6 Å². The molecule has 0 amide bonds. The molecule has 4 saturated carbocycles. The lowest BCUT2D eigenvalue weighted by molar-refractivity contribution is -0.164. The van der Waals surface area contributed by atoms with E-state index >= 15 is 0 Å². The summed E-state index contributed by atoms with van der Waals surface area (Å²) in [4.78, 5) is 17.4. The second-order valence-corrected chi connectivity index (χ2v) is 11.9. The van der Waals surface area contributed by atoms with Crippen LogP contribution in [0.3, 0.4) is 0 Å². The molecule has 4 fully saturated rings. The lowest BCUT2D eigenvalue weighted by Gasteiger charge is -2.62. The van der Waals surface area contributed by atoms with E-state index in [1.807, 2.05) is 10.8 Å². The van der Waals surface area contributed by atoms with Gasteiger partial charge in [-0.2, -0.15) is 0 Å². The summed E-state index contributed by atoms with van der Waals surface area (Å²) in [5, 5.41) is 11.0. The SMILES string of the molecule is COC[C@@]1(O)CC[C@@]2(C)C(CC[C@@H]3C2CC[C@@]2(C)C3CC[C@@H]2C(=O)Cn2ccnc2)C1. The van der Waals surface area contributed by atoms with Gasteiger partial charge in [0.1, 0.15) is 0 Å². The zero-order valence-electron chi connectivity index (χ0n) is 19.6. The molecule has 0 aliphatic heterocycles. The smallest absolute Gasteiger partial charge is 0.156 e. The van der Waals surface area contributed by atoms with Crippen LogP contribution in [0, 0.1) is 40.4 Å². The number of Topliss-reactive ketones (excluding diaryl/α,β-unsaturated/α-hetero) is 1. The zero-order valence-corrected chi connectivity index (χ0v) is 19.6. The van der Waals surface area contributed by atoms with Crippen molar-refractivity contribution in [3.63, 3.8) is 0 Å². The van der Waals surface area contributed by atoms with Crippen molar-refractivity contribution >= 4 is 5.78 Å². The van der Waals surface area contributed by atoms with Crippen molar-refractivity contribution in [2.45, 2.75) is 83.8 Å². The van der Waals surface area contributed by atoms with Crippen LogP contribution in [0.2, 0.25) is 0 Å². The maximum atomic E-state index is 13.3. The lowest BCUT2D eigenvalue weighted by atomic mass is 9.44. The predicted octanol–water partition coefficient (Wildman–Crippen LogP) is 4.49. The first kappa shape index (κ1) is 21.6. The van der Waals surface area contributed by atoms with Gasteiger partial charge in [-0.25, -0.2) is 4.98 Å². The maximum Gasteiger partial charge on any atom is 0.156 e. The number of aliphatic hydroxyl groups is 1. The highest BCUT2D eigenvalue weighted by Gasteiger charge is 2.62. The molecule has 5 rings (SSSR count). The summed E-state index contributed by atoms with van der Waals surface area (Å²) in [5.74, 6) is 3.39. The Labute approximate surface area is 187 Å². The van der Waals surface area contributed by atoms with Gasteiger partial charge in [0.2, 0.25) is 0 Å². The Morgan fingerprint density at radius 2 is 1.90 bits per heavy atom. The molecule has 0 radical (unpaired) electrons. The Hall–Kier alpha value is -1.20. The molecule has 5 nitrogen and oxygen atoms in total. The van der Waals surface area contributed by atoms with Gasteiger partial charge in [0.15, 0.2) is 5.78 Å². The van der Waals surface area contributed by atoms with Gasteiger partial charge < -0.3 is 14.4 Å².